The minimum atomic E-state index is -3.85. The van der Waals surface area contributed by atoms with Crippen molar-refractivity contribution in [2.75, 3.05) is 0 Å². The molecule has 1 saturated carbocycles. The largest absolute Gasteiger partial charge is 0.389 e. The van der Waals surface area contributed by atoms with Gasteiger partial charge >= 0.3 is 0 Å². The summed E-state index contributed by atoms with van der Waals surface area (Å²) in [7, 11) is -5.97. The molecule has 1 aromatic carbocycles. The van der Waals surface area contributed by atoms with E-state index in [1.54, 1.807) is 19.1 Å². The summed E-state index contributed by atoms with van der Waals surface area (Å²) in [6.45, 7) is 14.4. The molecule has 0 N–H and O–H groups in total. The van der Waals surface area contributed by atoms with Gasteiger partial charge in [0.15, 0.2) is 14.1 Å². The van der Waals surface area contributed by atoms with Gasteiger partial charge in [-0.15, -0.1) is 0 Å². The van der Waals surface area contributed by atoms with Gasteiger partial charge in [0.2, 0.25) is 0 Å². The predicted molar refractivity (Wildman–Crippen MR) is 99.1 cm³/mol. The Hall–Kier alpha value is -0.693. The van der Waals surface area contributed by atoms with Crippen LogP contribution in [0.25, 0.3) is 0 Å². The first kappa shape index (κ1) is 19.6. The summed E-state index contributed by atoms with van der Waals surface area (Å²) in [6.07, 6.45) is 2.18. The lowest BCUT2D eigenvalue weighted by molar-refractivity contribution is -0.173. The van der Waals surface area contributed by atoms with Crippen LogP contribution in [-0.2, 0) is 18.7 Å². The molecule has 0 aromatic heterocycles. The summed E-state index contributed by atoms with van der Waals surface area (Å²) in [5.41, 5.74) is 1.74. The number of hydrogen-bond acceptors (Lipinski definition) is 4. The molecule has 2 rings (SSSR count). The fraction of sp³-hybridized carbons (Fsp3) is 0.667. The summed E-state index contributed by atoms with van der Waals surface area (Å²) < 4.78 is 37.7. The van der Waals surface area contributed by atoms with Crippen molar-refractivity contribution in [1.29, 1.82) is 0 Å². The molecule has 0 aliphatic heterocycles. The van der Waals surface area contributed by atoms with Crippen molar-refractivity contribution in [3.05, 3.63) is 29.3 Å². The van der Waals surface area contributed by atoms with E-state index in [-0.39, 0.29) is 9.93 Å². The smallest absolute Gasteiger partial charge is 0.299 e. The van der Waals surface area contributed by atoms with Crippen molar-refractivity contribution >= 4 is 18.4 Å². The SMILES string of the molecule is Cc1ccc(S(=O)(=O)OC2(O[Si](C)(C)C(C)(C)C)CCC2)c(C)c1. The van der Waals surface area contributed by atoms with Crippen LogP contribution in [0, 0.1) is 13.8 Å². The van der Waals surface area contributed by atoms with E-state index in [4.69, 9.17) is 8.61 Å². The van der Waals surface area contributed by atoms with E-state index in [0.29, 0.717) is 18.4 Å². The summed E-state index contributed by atoms with van der Waals surface area (Å²) in [4.78, 5) is 0.234. The van der Waals surface area contributed by atoms with Gasteiger partial charge in [0.1, 0.15) is 0 Å². The van der Waals surface area contributed by atoms with Crippen LogP contribution in [0.15, 0.2) is 23.1 Å². The molecule has 0 saturated heterocycles. The van der Waals surface area contributed by atoms with Gasteiger partial charge in [-0.25, -0.2) is 4.18 Å². The minimum absolute atomic E-state index is 0.00247. The fourth-order valence-electron chi connectivity index (χ4n) is 2.61. The van der Waals surface area contributed by atoms with Gasteiger partial charge < -0.3 is 4.43 Å². The topological polar surface area (TPSA) is 52.6 Å². The molecule has 0 spiro atoms. The molecule has 0 radical (unpaired) electrons. The van der Waals surface area contributed by atoms with Gasteiger partial charge in [0.25, 0.3) is 10.1 Å². The quantitative estimate of drug-likeness (QED) is 0.420. The lowest BCUT2D eigenvalue weighted by Crippen LogP contribution is -2.55. The molecule has 0 unspecified atom stereocenters. The molecule has 0 amide bonds. The van der Waals surface area contributed by atoms with Crippen LogP contribution in [0.1, 0.15) is 51.2 Å². The van der Waals surface area contributed by atoms with E-state index in [9.17, 15) is 8.42 Å². The zero-order chi connectivity index (χ0) is 18.4. The molecule has 0 bridgehead atoms. The van der Waals surface area contributed by atoms with Crippen LogP contribution in [0.2, 0.25) is 18.1 Å². The third-order valence-corrected chi connectivity index (χ3v) is 11.2. The van der Waals surface area contributed by atoms with Gasteiger partial charge in [0.05, 0.1) is 4.90 Å². The third kappa shape index (κ3) is 3.93. The van der Waals surface area contributed by atoms with Crippen LogP contribution >= 0.6 is 0 Å². The van der Waals surface area contributed by atoms with E-state index in [0.717, 1.165) is 12.0 Å². The highest BCUT2D eigenvalue weighted by molar-refractivity contribution is 7.86. The number of aryl methyl sites for hydroxylation is 2. The predicted octanol–water partition coefficient (Wildman–Crippen LogP) is 4.91. The van der Waals surface area contributed by atoms with Crippen molar-refractivity contribution in [2.24, 2.45) is 0 Å². The highest BCUT2D eigenvalue weighted by Crippen LogP contribution is 2.47. The van der Waals surface area contributed by atoms with Gasteiger partial charge in [-0.2, -0.15) is 8.42 Å². The molecule has 4 nitrogen and oxygen atoms in total. The molecule has 1 fully saturated rings. The maximum absolute atomic E-state index is 12.8. The normalized spacial score (nSPS) is 18.3. The first-order chi connectivity index (χ1) is 10.8. The minimum Gasteiger partial charge on any atom is -0.389 e. The molecule has 24 heavy (non-hydrogen) atoms. The molecule has 6 heteroatoms. The van der Waals surface area contributed by atoms with Gasteiger partial charge in [-0.1, -0.05) is 38.5 Å². The highest BCUT2D eigenvalue weighted by atomic mass is 32.2. The van der Waals surface area contributed by atoms with Gasteiger partial charge in [0, 0.05) is 12.8 Å². The first-order valence-electron chi connectivity index (χ1n) is 8.51. The van der Waals surface area contributed by atoms with E-state index >= 15 is 0 Å². The van der Waals surface area contributed by atoms with Crippen molar-refractivity contribution in [3.63, 3.8) is 0 Å². The molecule has 0 atom stereocenters. The number of hydrogen-bond donors (Lipinski definition) is 0. The zero-order valence-electron chi connectivity index (χ0n) is 15.9. The standard InChI is InChI=1S/C18H30O4SSi/c1-14-9-10-16(15(2)13-14)23(19,20)21-18(11-8-12-18)22-24(6,7)17(3,4)5/h9-10,13H,8,11-12H2,1-7H3. The number of benzene rings is 1. The molecule has 136 valence electrons. The fourth-order valence-corrected chi connectivity index (χ4v) is 5.53. The summed E-state index contributed by atoms with van der Waals surface area (Å²) in [6, 6.07) is 5.28. The second-order valence-corrected chi connectivity index (χ2v) is 14.7. The molecule has 1 aliphatic carbocycles. The second kappa shape index (κ2) is 6.23. The Kier molecular flexibility index (Phi) is 5.10. The number of rotatable bonds is 5. The van der Waals surface area contributed by atoms with Crippen LogP contribution in [-0.4, -0.2) is 22.5 Å². The molecule has 1 aromatic rings. The molecular formula is C18H30O4SSi. The van der Waals surface area contributed by atoms with Gasteiger partial charge in [-0.3, -0.25) is 0 Å². The Balaban J connectivity index is 2.29. The van der Waals surface area contributed by atoms with Crippen LogP contribution in [0.4, 0.5) is 0 Å². The lowest BCUT2D eigenvalue weighted by atomic mass is 9.92. The first-order valence-corrected chi connectivity index (χ1v) is 12.8. The van der Waals surface area contributed by atoms with Crippen molar-refractivity contribution in [2.45, 2.75) is 82.7 Å². The van der Waals surface area contributed by atoms with Crippen molar-refractivity contribution in [1.82, 2.24) is 0 Å². The lowest BCUT2D eigenvalue weighted by Gasteiger charge is -2.48. The van der Waals surface area contributed by atoms with E-state index in [1.807, 2.05) is 13.0 Å². The summed E-state index contributed by atoms with van der Waals surface area (Å²) in [5.74, 6) is -0.987. The Labute approximate surface area is 147 Å². The average molecular weight is 371 g/mol. The molecule has 0 heterocycles. The van der Waals surface area contributed by atoms with E-state index in [1.165, 1.54) is 0 Å². The summed E-state index contributed by atoms with van der Waals surface area (Å²) >= 11 is 0. The molecular weight excluding hydrogens is 340 g/mol. The Morgan fingerprint density at radius 2 is 1.71 bits per heavy atom. The maximum atomic E-state index is 12.8. The average Bonchev–Trinajstić information content (AvgIpc) is 2.33. The van der Waals surface area contributed by atoms with Gasteiger partial charge in [-0.05, 0) is 50.0 Å². The summed E-state index contributed by atoms with van der Waals surface area (Å²) in [5, 5.41) is 0.00247. The van der Waals surface area contributed by atoms with Crippen LogP contribution in [0.5, 0.6) is 0 Å². The maximum Gasteiger partial charge on any atom is 0.299 e. The Morgan fingerprint density at radius 1 is 1.12 bits per heavy atom. The third-order valence-electron chi connectivity index (χ3n) is 5.22. The zero-order valence-corrected chi connectivity index (χ0v) is 17.7. The van der Waals surface area contributed by atoms with Crippen LogP contribution < -0.4 is 0 Å². The van der Waals surface area contributed by atoms with Crippen LogP contribution in [0.3, 0.4) is 0 Å². The van der Waals surface area contributed by atoms with Crippen molar-refractivity contribution in [3.8, 4) is 0 Å². The second-order valence-electron chi connectivity index (χ2n) is 8.43. The monoisotopic (exact) mass is 370 g/mol. The van der Waals surface area contributed by atoms with E-state index < -0.39 is 24.2 Å². The Morgan fingerprint density at radius 3 is 2.12 bits per heavy atom. The Bertz CT molecular complexity index is 713. The van der Waals surface area contributed by atoms with E-state index in [2.05, 4.69) is 33.9 Å². The molecule has 1 aliphatic rings. The highest BCUT2D eigenvalue weighted by Gasteiger charge is 2.51. The van der Waals surface area contributed by atoms with Crippen molar-refractivity contribution < 1.29 is 17.0 Å².